The Labute approximate surface area is 228 Å². The maximum absolute atomic E-state index is 13.7. The summed E-state index contributed by atoms with van der Waals surface area (Å²) in [5.74, 6) is -0.716. The molecule has 39 heavy (non-hydrogen) atoms. The zero-order valence-corrected chi connectivity index (χ0v) is 22.1. The smallest absolute Gasteiger partial charge is 0.296 e. The number of rotatable bonds is 7. The number of ketones is 1. The topological polar surface area (TPSA) is 92.9 Å². The standard InChI is InChI=1S/C31H24N2O5S/c1-18-11-13-23-25(15-18)39-31(32-23)33-27(26(29(35)30(33)36)28(34)24-14-12-19(2)38-24)21-9-6-10-22(16-21)37-17-20-7-4-3-5-8-20/h3-16,27,35H,17H2,1-2H3. The van der Waals surface area contributed by atoms with Crippen LogP contribution < -0.4 is 9.64 Å². The molecule has 1 atom stereocenters. The number of carbonyl (C=O) groups is 2. The fourth-order valence-corrected chi connectivity index (χ4v) is 5.77. The van der Waals surface area contributed by atoms with Crippen molar-refractivity contribution < 1.29 is 23.8 Å². The Bertz CT molecular complexity index is 1750. The molecule has 7 nitrogen and oxygen atoms in total. The minimum absolute atomic E-state index is 0.0464. The number of amides is 1. The fraction of sp³-hybridized carbons (Fsp3) is 0.129. The van der Waals surface area contributed by atoms with E-state index in [1.54, 1.807) is 37.3 Å². The lowest BCUT2D eigenvalue weighted by Crippen LogP contribution is -2.31. The summed E-state index contributed by atoms with van der Waals surface area (Å²) in [6.45, 7) is 4.07. The van der Waals surface area contributed by atoms with Crippen LogP contribution in [0.15, 0.2) is 101 Å². The van der Waals surface area contributed by atoms with Crippen LogP contribution in [0, 0.1) is 13.8 Å². The summed E-state index contributed by atoms with van der Waals surface area (Å²) < 4.78 is 12.5. The van der Waals surface area contributed by atoms with Crippen molar-refractivity contribution in [1.82, 2.24) is 4.98 Å². The normalized spacial score (nSPS) is 15.4. The van der Waals surface area contributed by atoms with E-state index in [1.165, 1.54) is 16.2 Å². The van der Waals surface area contributed by atoms with Crippen LogP contribution in [0.4, 0.5) is 5.13 Å². The number of carbonyl (C=O) groups excluding carboxylic acids is 2. The number of hydrogen-bond acceptors (Lipinski definition) is 7. The second kappa shape index (κ2) is 9.89. The van der Waals surface area contributed by atoms with Crippen molar-refractivity contribution >= 4 is 38.4 Å². The Morgan fingerprint density at radius 1 is 1.03 bits per heavy atom. The van der Waals surface area contributed by atoms with Crippen LogP contribution in [-0.2, 0) is 11.4 Å². The van der Waals surface area contributed by atoms with E-state index in [0.717, 1.165) is 21.3 Å². The first-order valence-corrected chi connectivity index (χ1v) is 13.2. The molecule has 3 heterocycles. The summed E-state index contributed by atoms with van der Waals surface area (Å²) in [5.41, 5.74) is 3.33. The molecular weight excluding hydrogens is 512 g/mol. The average molecular weight is 537 g/mol. The number of fused-ring (bicyclic) bond motifs is 1. The van der Waals surface area contributed by atoms with Gasteiger partial charge in [0.2, 0.25) is 5.78 Å². The lowest BCUT2D eigenvalue weighted by atomic mass is 9.95. The van der Waals surface area contributed by atoms with Crippen molar-refractivity contribution in [3.63, 3.8) is 0 Å². The molecule has 8 heteroatoms. The number of aromatic nitrogens is 1. The van der Waals surface area contributed by atoms with Gasteiger partial charge < -0.3 is 14.3 Å². The quantitative estimate of drug-likeness (QED) is 0.228. The summed E-state index contributed by atoms with van der Waals surface area (Å²) in [7, 11) is 0. The molecule has 0 bridgehead atoms. The van der Waals surface area contributed by atoms with E-state index in [0.29, 0.717) is 28.8 Å². The monoisotopic (exact) mass is 536 g/mol. The molecule has 0 fully saturated rings. The molecule has 0 aliphatic carbocycles. The summed E-state index contributed by atoms with van der Waals surface area (Å²) in [4.78, 5) is 33.3. The Morgan fingerprint density at radius 2 is 1.85 bits per heavy atom. The van der Waals surface area contributed by atoms with Gasteiger partial charge in [-0.3, -0.25) is 14.5 Å². The molecule has 0 spiro atoms. The van der Waals surface area contributed by atoms with Crippen LogP contribution in [0.5, 0.6) is 5.75 Å². The number of thiazole rings is 1. The van der Waals surface area contributed by atoms with Gasteiger partial charge >= 0.3 is 0 Å². The Balaban J connectivity index is 1.44. The third kappa shape index (κ3) is 4.59. The predicted octanol–water partition coefficient (Wildman–Crippen LogP) is 6.87. The highest BCUT2D eigenvalue weighted by atomic mass is 32.1. The molecule has 194 valence electrons. The molecule has 6 rings (SSSR count). The van der Waals surface area contributed by atoms with Crippen molar-refractivity contribution in [2.75, 3.05) is 4.90 Å². The van der Waals surface area contributed by atoms with E-state index >= 15 is 0 Å². The second-order valence-corrected chi connectivity index (χ2v) is 10.4. The number of anilines is 1. The molecule has 0 saturated heterocycles. The molecule has 0 radical (unpaired) electrons. The first-order valence-electron chi connectivity index (χ1n) is 12.4. The van der Waals surface area contributed by atoms with Crippen LogP contribution in [-0.4, -0.2) is 21.8 Å². The number of benzene rings is 3. The maximum Gasteiger partial charge on any atom is 0.296 e. The fourth-order valence-electron chi connectivity index (χ4n) is 4.68. The zero-order chi connectivity index (χ0) is 27.1. The Hall–Kier alpha value is -4.69. The summed E-state index contributed by atoms with van der Waals surface area (Å²) in [6.07, 6.45) is 0. The highest BCUT2D eigenvalue weighted by molar-refractivity contribution is 7.22. The summed E-state index contributed by atoms with van der Waals surface area (Å²) >= 11 is 1.33. The van der Waals surface area contributed by atoms with Crippen LogP contribution in [0.2, 0.25) is 0 Å². The number of aryl methyl sites for hydroxylation is 2. The summed E-state index contributed by atoms with van der Waals surface area (Å²) in [6, 6.07) is 25.1. The molecule has 1 aliphatic rings. The van der Waals surface area contributed by atoms with Crippen LogP contribution >= 0.6 is 11.3 Å². The number of ether oxygens (including phenoxy) is 1. The molecule has 1 unspecified atom stereocenters. The van der Waals surface area contributed by atoms with E-state index in [1.807, 2.05) is 61.5 Å². The zero-order valence-electron chi connectivity index (χ0n) is 21.3. The predicted molar refractivity (Wildman–Crippen MR) is 149 cm³/mol. The summed E-state index contributed by atoms with van der Waals surface area (Å²) in [5, 5.41) is 11.5. The number of nitrogens with zero attached hydrogens (tertiary/aromatic N) is 2. The third-order valence-corrected chi connectivity index (χ3v) is 7.60. The minimum Gasteiger partial charge on any atom is -0.503 e. The van der Waals surface area contributed by atoms with E-state index < -0.39 is 23.5 Å². The highest BCUT2D eigenvalue weighted by Gasteiger charge is 2.46. The number of aliphatic hydroxyl groups is 1. The van der Waals surface area contributed by atoms with Crippen molar-refractivity contribution in [3.8, 4) is 5.75 Å². The van der Waals surface area contributed by atoms with Gasteiger partial charge in [-0.1, -0.05) is 59.9 Å². The van der Waals surface area contributed by atoms with Gasteiger partial charge in [0.1, 0.15) is 18.1 Å². The van der Waals surface area contributed by atoms with Gasteiger partial charge in [-0.25, -0.2) is 4.98 Å². The molecule has 1 N–H and O–H groups in total. The third-order valence-electron chi connectivity index (χ3n) is 6.58. The maximum atomic E-state index is 13.7. The van der Waals surface area contributed by atoms with Crippen LogP contribution in [0.25, 0.3) is 10.2 Å². The lowest BCUT2D eigenvalue weighted by Gasteiger charge is -2.24. The van der Waals surface area contributed by atoms with Crippen LogP contribution in [0.1, 0.15) is 39.0 Å². The van der Waals surface area contributed by atoms with Crippen molar-refractivity contribution in [1.29, 1.82) is 0 Å². The van der Waals surface area contributed by atoms with Gasteiger partial charge in [-0.2, -0.15) is 0 Å². The number of aliphatic hydroxyl groups excluding tert-OH is 1. The minimum atomic E-state index is -0.933. The number of furan rings is 1. The average Bonchev–Trinajstić information content (AvgIpc) is 3.63. The molecular formula is C31H24N2O5S. The van der Waals surface area contributed by atoms with E-state index in [4.69, 9.17) is 9.15 Å². The number of hydrogen-bond donors (Lipinski definition) is 1. The molecule has 0 saturated carbocycles. The Kier molecular flexibility index (Phi) is 6.24. The van der Waals surface area contributed by atoms with Crippen LogP contribution in [0.3, 0.4) is 0 Å². The first kappa shape index (κ1) is 24.6. The van der Waals surface area contributed by atoms with Crippen molar-refractivity contribution in [3.05, 3.63) is 124 Å². The van der Waals surface area contributed by atoms with E-state index in [9.17, 15) is 14.7 Å². The second-order valence-electron chi connectivity index (χ2n) is 9.39. The highest BCUT2D eigenvalue weighted by Crippen LogP contribution is 2.45. The van der Waals surface area contributed by atoms with Crippen molar-refractivity contribution in [2.45, 2.75) is 26.5 Å². The number of Topliss-reactive ketones (excluding diaryl/α,β-unsaturated/α-hetero) is 1. The van der Waals surface area contributed by atoms with Gasteiger partial charge in [-0.15, -0.1) is 0 Å². The van der Waals surface area contributed by atoms with Gasteiger partial charge in [0.15, 0.2) is 16.7 Å². The lowest BCUT2D eigenvalue weighted by molar-refractivity contribution is -0.117. The molecule has 1 amide bonds. The van der Waals surface area contributed by atoms with Gasteiger partial charge in [0, 0.05) is 0 Å². The van der Waals surface area contributed by atoms with Crippen molar-refractivity contribution in [2.24, 2.45) is 0 Å². The van der Waals surface area contributed by atoms with Gasteiger partial charge in [-0.05, 0) is 66.9 Å². The molecule has 2 aromatic heterocycles. The van der Waals surface area contributed by atoms with Gasteiger partial charge in [0.25, 0.3) is 5.91 Å². The SMILES string of the molecule is Cc1ccc2nc(N3C(=O)C(O)=C(C(=O)c4ccc(C)o4)C3c3cccc(OCc4ccccc4)c3)sc2c1. The largest absolute Gasteiger partial charge is 0.503 e. The molecule has 5 aromatic rings. The van der Waals surface area contributed by atoms with E-state index in [2.05, 4.69) is 4.98 Å². The van der Waals surface area contributed by atoms with Gasteiger partial charge in [0.05, 0.1) is 21.8 Å². The molecule has 3 aromatic carbocycles. The molecule has 1 aliphatic heterocycles. The first-order chi connectivity index (χ1) is 18.9. The Morgan fingerprint density at radius 3 is 2.62 bits per heavy atom. The van der Waals surface area contributed by atoms with E-state index in [-0.39, 0.29) is 11.3 Å².